The van der Waals surface area contributed by atoms with Crippen molar-refractivity contribution in [1.29, 1.82) is 0 Å². The van der Waals surface area contributed by atoms with Gasteiger partial charge in [-0.25, -0.2) is 0 Å². The first kappa shape index (κ1) is 22.4. The summed E-state index contributed by atoms with van der Waals surface area (Å²) in [6.45, 7) is 7.58. The zero-order chi connectivity index (χ0) is 17.7. The van der Waals surface area contributed by atoms with Crippen LogP contribution in [-0.4, -0.2) is 33.5 Å². The summed E-state index contributed by atoms with van der Waals surface area (Å²) in [6.07, 6.45) is 10.9. The summed E-state index contributed by atoms with van der Waals surface area (Å²) >= 11 is 0. The van der Waals surface area contributed by atoms with Crippen LogP contribution in [0.2, 0.25) is 0 Å². The van der Waals surface area contributed by atoms with E-state index in [1.807, 2.05) is 0 Å². The molecule has 23 heavy (non-hydrogen) atoms. The highest BCUT2D eigenvalue weighted by Gasteiger charge is 2.21. The van der Waals surface area contributed by atoms with Crippen molar-refractivity contribution >= 4 is 5.91 Å². The van der Waals surface area contributed by atoms with E-state index in [2.05, 4.69) is 13.8 Å². The van der Waals surface area contributed by atoms with Crippen LogP contribution in [0.5, 0.6) is 0 Å². The Bertz CT molecular complexity index is 282. The van der Waals surface area contributed by atoms with Crippen LogP contribution in [0.25, 0.3) is 0 Å². The minimum absolute atomic E-state index is 0.167. The summed E-state index contributed by atoms with van der Waals surface area (Å²) in [6, 6.07) is 0. The van der Waals surface area contributed by atoms with Gasteiger partial charge in [0.15, 0.2) is 0 Å². The molecule has 0 aromatic heterocycles. The Labute approximate surface area is 143 Å². The van der Waals surface area contributed by atoms with Crippen LogP contribution in [0.4, 0.5) is 0 Å². The molecule has 0 aromatic rings. The minimum Gasteiger partial charge on any atom is -0.374 e. The highest BCUT2D eigenvalue weighted by molar-refractivity contribution is 5.76. The van der Waals surface area contributed by atoms with Gasteiger partial charge in [-0.05, 0) is 26.2 Å². The molecule has 0 heterocycles. The predicted molar refractivity (Wildman–Crippen MR) is 95.8 cm³/mol. The molecule has 1 amide bonds. The van der Waals surface area contributed by atoms with Crippen LogP contribution in [0.15, 0.2) is 0 Å². The standard InChI is InChI=1S/C19H39NO3/c1-16(2)14-12-10-8-6-5-7-9-11-13-15-19(23)20(17(3)21)18(4)22/h16-18,21-22H,5-15H2,1-4H3. The fourth-order valence-electron chi connectivity index (χ4n) is 2.92. The summed E-state index contributed by atoms with van der Waals surface area (Å²) in [5.41, 5.74) is 0. The summed E-state index contributed by atoms with van der Waals surface area (Å²) in [5, 5.41) is 19.0. The highest BCUT2D eigenvalue weighted by atomic mass is 16.3. The van der Waals surface area contributed by atoms with E-state index in [0.717, 1.165) is 23.7 Å². The zero-order valence-corrected chi connectivity index (χ0v) is 15.8. The Morgan fingerprint density at radius 3 is 1.52 bits per heavy atom. The zero-order valence-electron chi connectivity index (χ0n) is 15.8. The number of amides is 1. The predicted octanol–water partition coefficient (Wildman–Crippen LogP) is 4.44. The molecule has 4 heteroatoms. The van der Waals surface area contributed by atoms with E-state index in [4.69, 9.17) is 0 Å². The Balaban J connectivity index is 3.47. The number of aliphatic hydroxyl groups is 2. The molecule has 2 unspecified atom stereocenters. The van der Waals surface area contributed by atoms with Gasteiger partial charge in [-0.15, -0.1) is 0 Å². The van der Waals surface area contributed by atoms with Crippen molar-refractivity contribution in [2.75, 3.05) is 0 Å². The minimum atomic E-state index is -0.932. The molecule has 0 aliphatic rings. The Hall–Kier alpha value is -0.610. The van der Waals surface area contributed by atoms with Crippen LogP contribution < -0.4 is 0 Å². The molecule has 0 spiro atoms. The molecule has 138 valence electrons. The van der Waals surface area contributed by atoms with Crippen LogP contribution in [0.1, 0.15) is 98.3 Å². The first-order valence-corrected chi connectivity index (χ1v) is 9.53. The highest BCUT2D eigenvalue weighted by Crippen LogP contribution is 2.14. The topological polar surface area (TPSA) is 60.8 Å². The van der Waals surface area contributed by atoms with Crippen LogP contribution in [0.3, 0.4) is 0 Å². The molecule has 0 aliphatic carbocycles. The molecule has 0 saturated carbocycles. The molecule has 0 aliphatic heterocycles. The van der Waals surface area contributed by atoms with Crippen molar-refractivity contribution in [1.82, 2.24) is 4.90 Å². The van der Waals surface area contributed by atoms with Crippen LogP contribution >= 0.6 is 0 Å². The van der Waals surface area contributed by atoms with E-state index < -0.39 is 12.5 Å². The van der Waals surface area contributed by atoms with Gasteiger partial charge < -0.3 is 10.2 Å². The molecule has 0 fully saturated rings. The van der Waals surface area contributed by atoms with Gasteiger partial charge in [-0.1, -0.05) is 71.6 Å². The average molecular weight is 330 g/mol. The van der Waals surface area contributed by atoms with E-state index in [0.29, 0.717) is 6.42 Å². The molecule has 0 radical (unpaired) electrons. The Kier molecular flexibility index (Phi) is 13.4. The van der Waals surface area contributed by atoms with Crippen molar-refractivity contribution in [3.63, 3.8) is 0 Å². The van der Waals surface area contributed by atoms with Crippen molar-refractivity contribution in [3.05, 3.63) is 0 Å². The first-order chi connectivity index (χ1) is 10.9. The Morgan fingerprint density at radius 1 is 0.739 bits per heavy atom. The number of carbonyl (C=O) groups is 1. The fraction of sp³-hybridized carbons (Fsp3) is 0.947. The van der Waals surface area contributed by atoms with Crippen LogP contribution in [0, 0.1) is 5.92 Å². The van der Waals surface area contributed by atoms with E-state index in [-0.39, 0.29) is 5.91 Å². The van der Waals surface area contributed by atoms with E-state index in [1.165, 1.54) is 65.2 Å². The maximum Gasteiger partial charge on any atom is 0.226 e. The number of hydrogen-bond acceptors (Lipinski definition) is 3. The third-order valence-electron chi connectivity index (χ3n) is 4.27. The summed E-state index contributed by atoms with van der Waals surface area (Å²) in [4.78, 5) is 13.1. The van der Waals surface area contributed by atoms with E-state index in [1.54, 1.807) is 0 Å². The second kappa shape index (κ2) is 13.8. The maximum absolute atomic E-state index is 11.9. The van der Waals surface area contributed by atoms with Crippen molar-refractivity contribution in [2.24, 2.45) is 5.92 Å². The lowest BCUT2D eigenvalue weighted by Gasteiger charge is -2.28. The molecular formula is C19H39NO3. The molecular weight excluding hydrogens is 290 g/mol. The van der Waals surface area contributed by atoms with Crippen molar-refractivity contribution in [3.8, 4) is 0 Å². The van der Waals surface area contributed by atoms with Gasteiger partial charge in [0.25, 0.3) is 0 Å². The summed E-state index contributed by atoms with van der Waals surface area (Å²) in [5.74, 6) is 0.663. The van der Waals surface area contributed by atoms with Crippen LogP contribution in [-0.2, 0) is 4.79 Å². The van der Waals surface area contributed by atoms with Gasteiger partial charge >= 0.3 is 0 Å². The van der Waals surface area contributed by atoms with Crippen molar-refractivity contribution < 1.29 is 15.0 Å². The largest absolute Gasteiger partial charge is 0.374 e. The third kappa shape index (κ3) is 12.5. The van der Waals surface area contributed by atoms with Crippen molar-refractivity contribution in [2.45, 2.75) is 111 Å². The molecule has 2 N–H and O–H groups in total. The van der Waals surface area contributed by atoms with E-state index in [9.17, 15) is 15.0 Å². The van der Waals surface area contributed by atoms with Gasteiger partial charge in [0.1, 0.15) is 12.5 Å². The van der Waals surface area contributed by atoms with E-state index >= 15 is 0 Å². The SMILES string of the molecule is CC(C)CCCCCCCCCCCC(=O)N(C(C)O)C(C)O. The number of aliphatic hydroxyl groups excluding tert-OH is 2. The monoisotopic (exact) mass is 329 g/mol. The Morgan fingerprint density at radius 2 is 1.13 bits per heavy atom. The number of unbranched alkanes of at least 4 members (excludes halogenated alkanes) is 8. The lowest BCUT2D eigenvalue weighted by atomic mass is 10.0. The second-order valence-electron chi connectivity index (χ2n) is 7.18. The van der Waals surface area contributed by atoms with Gasteiger partial charge in [0.2, 0.25) is 5.91 Å². The molecule has 2 atom stereocenters. The summed E-state index contributed by atoms with van der Waals surface area (Å²) < 4.78 is 0. The number of carbonyl (C=O) groups excluding carboxylic acids is 1. The lowest BCUT2D eigenvalue weighted by Crippen LogP contribution is -2.44. The smallest absolute Gasteiger partial charge is 0.226 e. The molecule has 0 rings (SSSR count). The summed E-state index contributed by atoms with van der Waals surface area (Å²) in [7, 11) is 0. The van der Waals surface area contributed by atoms with Gasteiger partial charge in [0, 0.05) is 6.42 Å². The molecule has 4 nitrogen and oxygen atoms in total. The van der Waals surface area contributed by atoms with Gasteiger partial charge in [0.05, 0.1) is 0 Å². The second-order valence-corrected chi connectivity index (χ2v) is 7.18. The molecule has 0 bridgehead atoms. The third-order valence-corrected chi connectivity index (χ3v) is 4.27. The van der Waals surface area contributed by atoms with Gasteiger partial charge in [-0.2, -0.15) is 0 Å². The molecule has 0 aromatic carbocycles. The number of hydrogen-bond donors (Lipinski definition) is 2. The van der Waals surface area contributed by atoms with Gasteiger partial charge in [-0.3, -0.25) is 9.69 Å². The number of nitrogens with zero attached hydrogens (tertiary/aromatic N) is 1. The average Bonchev–Trinajstić information content (AvgIpc) is 2.43. The maximum atomic E-state index is 11.9. The quantitative estimate of drug-likeness (QED) is 0.366. The lowest BCUT2D eigenvalue weighted by molar-refractivity contribution is -0.156. The molecule has 0 saturated heterocycles. The first-order valence-electron chi connectivity index (χ1n) is 9.53. The number of rotatable bonds is 14. The normalized spacial score (nSPS) is 14.0. The fourth-order valence-corrected chi connectivity index (χ4v) is 2.92.